The Hall–Kier alpha value is -2.05. The van der Waals surface area contributed by atoms with E-state index in [1.54, 1.807) is 4.68 Å². The summed E-state index contributed by atoms with van der Waals surface area (Å²) in [7, 11) is 0. The van der Waals surface area contributed by atoms with Crippen LogP contribution in [0.3, 0.4) is 0 Å². The number of hydrogen-bond acceptors (Lipinski definition) is 5. The summed E-state index contributed by atoms with van der Waals surface area (Å²) in [5.74, 6) is 1.51. The third-order valence-electron chi connectivity index (χ3n) is 4.69. The quantitative estimate of drug-likeness (QED) is 0.890. The Kier molecular flexibility index (Phi) is 5.53. The number of hydrogen-bond donors (Lipinski definition) is 1. The molecule has 0 spiro atoms. The number of rotatable bonds is 5. The van der Waals surface area contributed by atoms with Crippen LogP contribution in [0, 0.1) is 6.92 Å². The smallest absolute Gasteiger partial charge is 0.127 e. The highest BCUT2D eigenvalue weighted by Gasteiger charge is 2.20. The molecule has 142 valence electrons. The lowest BCUT2D eigenvalue weighted by Crippen LogP contribution is -2.38. The van der Waals surface area contributed by atoms with Crippen molar-refractivity contribution in [1.29, 1.82) is 0 Å². The maximum absolute atomic E-state index is 6.20. The zero-order chi connectivity index (χ0) is 18.7. The first-order valence-corrected chi connectivity index (χ1v) is 9.24. The molecule has 0 unspecified atom stereocenters. The second-order valence-electron chi connectivity index (χ2n) is 7.87. The van der Waals surface area contributed by atoms with E-state index in [-0.39, 0.29) is 5.41 Å². The average molecular weight is 358 g/mol. The second kappa shape index (κ2) is 7.68. The minimum absolute atomic E-state index is 0.0401. The molecule has 0 amide bonds. The molecule has 3 rings (SSSR count). The first kappa shape index (κ1) is 18.7. The number of ether oxygens (including phenoxy) is 2. The summed E-state index contributed by atoms with van der Waals surface area (Å²) >= 11 is 0. The molecule has 2 heterocycles. The van der Waals surface area contributed by atoms with Gasteiger partial charge in [-0.15, -0.1) is 0 Å². The molecule has 1 fully saturated rings. The van der Waals surface area contributed by atoms with Crippen LogP contribution in [0.2, 0.25) is 0 Å². The molecular weight excluding hydrogens is 328 g/mol. The van der Waals surface area contributed by atoms with E-state index in [2.05, 4.69) is 43.8 Å². The van der Waals surface area contributed by atoms with E-state index in [1.165, 1.54) is 0 Å². The van der Waals surface area contributed by atoms with Crippen molar-refractivity contribution in [2.45, 2.75) is 33.1 Å². The first-order chi connectivity index (χ1) is 12.3. The number of anilines is 1. The summed E-state index contributed by atoms with van der Waals surface area (Å²) in [5, 5.41) is 4.69. The van der Waals surface area contributed by atoms with Crippen LogP contribution in [0.25, 0.3) is 5.69 Å². The summed E-state index contributed by atoms with van der Waals surface area (Å²) in [6, 6.07) is 8.04. The number of nitrogen functional groups attached to an aromatic ring is 1. The molecule has 2 aromatic rings. The van der Waals surface area contributed by atoms with Gasteiger partial charge in [-0.2, -0.15) is 5.10 Å². The molecule has 1 aromatic heterocycles. The van der Waals surface area contributed by atoms with Crippen molar-refractivity contribution in [1.82, 2.24) is 14.7 Å². The zero-order valence-corrected chi connectivity index (χ0v) is 16.3. The third-order valence-corrected chi connectivity index (χ3v) is 4.69. The van der Waals surface area contributed by atoms with Crippen LogP contribution in [0.4, 0.5) is 5.82 Å². The maximum atomic E-state index is 6.20. The second-order valence-corrected chi connectivity index (χ2v) is 7.87. The van der Waals surface area contributed by atoms with Gasteiger partial charge < -0.3 is 15.2 Å². The molecule has 1 aliphatic rings. The zero-order valence-electron chi connectivity index (χ0n) is 16.3. The summed E-state index contributed by atoms with van der Waals surface area (Å²) in [5.41, 5.74) is 9.16. The predicted octanol–water partition coefficient (Wildman–Crippen LogP) is 2.77. The molecule has 6 heteroatoms. The van der Waals surface area contributed by atoms with E-state index in [1.807, 2.05) is 18.2 Å². The molecule has 1 saturated heterocycles. The summed E-state index contributed by atoms with van der Waals surface area (Å²) in [6.07, 6.45) is 0. The van der Waals surface area contributed by atoms with E-state index in [4.69, 9.17) is 15.2 Å². The van der Waals surface area contributed by atoms with Crippen molar-refractivity contribution in [2.24, 2.45) is 0 Å². The van der Waals surface area contributed by atoms with Crippen LogP contribution in [0.1, 0.15) is 32.0 Å². The number of morpholine rings is 1. The van der Waals surface area contributed by atoms with E-state index in [9.17, 15) is 0 Å². The summed E-state index contributed by atoms with van der Waals surface area (Å²) in [6.45, 7) is 13.6. The van der Waals surface area contributed by atoms with Crippen LogP contribution >= 0.6 is 0 Å². The van der Waals surface area contributed by atoms with Crippen LogP contribution in [0.15, 0.2) is 24.3 Å². The topological polar surface area (TPSA) is 65.5 Å². The molecule has 0 saturated carbocycles. The van der Waals surface area contributed by atoms with Gasteiger partial charge in [-0.3, -0.25) is 4.90 Å². The van der Waals surface area contributed by atoms with Crippen molar-refractivity contribution in [3.8, 4) is 11.4 Å². The fourth-order valence-electron chi connectivity index (χ4n) is 2.95. The highest BCUT2D eigenvalue weighted by Crippen LogP contribution is 2.27. The van der Waals surface area contributed by atoms with Gasteiger partial charge in [0.2, 0.25) is 0 Å². The first-order valence-electron chi connectivity index (χ1n) is 9.24. The minimum Gasteiger partial charge on any atom is -0.492 e. The number of aryl methyl sites for hydroxylation is 1. The Morgan fingerprint density at radius 2 is 1.92 bits per heavy atom. The van der Waals surface area contributed by atoms with Gasteiger partial charge in [0.15, 0.2) is 0 Å². The van der Waals surface area contributed by atoms with Crippen molar-refractivity contribution < 1.29 is 9.47 Å². The van der Waals surface area contributed by atoms with E-state index < -0.39 is 0 Å². The van der Waals surface area contributed by atoms with Gasteiger partial charge in [0, 0.05) is 37.2 Å². The fourth-order valence-corrected chi connectivity index (χ4v) is 2.95. The Labute approximate surface area is 155 Å². The van der Waals surface area contributed by atoms with Crippen molar-refractivity contribution >= 4 is 5.82 Å². The Balaban J connectivity index is 1.72. The Morgan fingerprint density at radius 3 is 2.58 bits per heavy atom. The van der Waals surface area contributed by atoms with Crippen molar-refractivity contribution in [2.75, 3.05) is 45.2 Å². The Morgan fingerprint density at radius 1 is 1.19 bits per heavy atom. The normalized spacial score (nSPS) is 16.0. The highest BCUT2D eigenvalue weighted by atomic mass is 16.5. The van der Waals surface area contributed by atoms with Crippen molar-refractivity contribution in [3.63, 3.8) is 0 Å². The molecule has 1 aromatic carbocycles. The number of aromatic nitrogens is 2. The van der Waals surface area contributed by atoms with Crippen LogP contribution in [-0.2, 0) is 10.2 Å². The molecule has 0 aliphatic carbocycles. The monoisotopic (exact) mass is 358 g/mol. The molecule has 1 aliphatic heterocycles. The van der Waals surface area contributed by atoms with Crippen LogP contribution < -0.4 is 10.5 Å². The van der Waals surface area contributed by atoms with Gasteiger partial charge in [-0.05, 0) is 18.6 Å². The average Bonchev–Trinajstić information content (AvgIpc) is 3.00. The van der Waals surface area contributed by atoms with Gasteiger partial charge in [0.25, 0.3) is 0 Å². The predicted molar refractivity (Wildman–Crippen MR) is 104 cm³/mol. The lowest BCUT2D eigenvalue weighted by Gasteiger charge is -2.26. The van der Waals surface area contributed by atoms with Gasteiger partial charge in [0.1, 0.15) is 18.2 Å². The van der Waals surface area contributed by atoms with Gasteiger partial charge in [0.05, 0.1) is 24.6 Å². The number of nitrogens with zero attached hydrogens (tertiary/aromatic N) is 3. The maximum Gasteiger partial charge on any atom is 0.127 e. The lowest BCUT2D eigenvalue weighted by molar-refractivity contribution is 0.0322. The van der Waals surface area contributed by atoms with Crippen LogP contribution in [0.5, 0.6) is 5.75 Å². The molecule has 0 bridgehead atoms. The Bertz CT molecular complexity index is 743. The lowest BCUT2D eigenvalue weighted by atomic mass is 9.92. The SMILES string of the molecule is Cc1ccc(-n2nc(C(C)(C)C)cc2N)cc1OCCN1CCOCC1. The summed E-state index contributed by atoms with van der Waals surface area (Å²) in [4.78, 5) is 2.36. The van der Waals surface area contributed by atoms with Gasteiger partial charge in [-0.1, -0.05) is 26.8 Å². The van der Waals surface area contributed by atoms with E-state index >= 15 is 0 Å². The highest BCUT2D eigenvalue weighted by molar-refractivity contribution is 5.49. The third kappa shape index (κ3) is 4.37. The molecule has 2 N–H and O–H groups in total. The largest absolute Gasteiger partial charge is 0.492 e. The summed E-state index contributed by atoms with van der Waals surface area (Å²) < 4.78 is 13.2. The molecule has 0 atom stereocenters. The standard InChI is InChI=1S/C20H30N4O2/c1-15-5-6-16(24-19(21)14-18(22-24)20(2,3)4)13-17(15)26-12-9-23-7-10-25-11-8-23/h5-6,13-14H,7-12,21H2,1-4H3. The van der Waals surface area contributed by atoms with E-state index in [0.29, 0.717) is 12.4 Å². The molecule has 6 nitrogen and oxygen atoms in total. The number of benzene rings is 1. The van der Waals surface area contributed by atoms with Gasteiger partial charge in [-0.25, -0.2) is 4.68 Å². The fraction of sp³-hybridized carbons (Fsp3) is 0.550. The van der Waals surface area contributed by atoms with Gasteiger partial charge >= 0.3 is 0 Å². The molecule has 26 heavy (non-hydrogen) atoms. The minimum atomic E-state index is -0.0401. The van der Waals surface area contributed by atoms with Crippen molar-refractivity contribution in [3.05, 3.63) is 35.5 Å². The number of nitrogens with two attached hydrogens (primary N) is 1. The molecular formula is C20H30N4O2. The molecule has 0 radical (unpaired) electrons. The van der Waals surface area contributed by atoms with Crippen LogP contribution in [-0.4, -0.2) is 54.1 Å². The van der Waals surface area contributed by atoms with E-state index in [0.717, 1.165) is 55.5 Å².